The Kier molecular flexibility index (Phi) is 3.39. The molecule has 0 aromatic carbocycles. The molecule has 4 aliphatic carbocycles. The maximum Gasteiger partial charge on any atom is 0.307 e. The van der Waals surface area contributed by atoms with E-state index in [-0.39, 0.29) is 15.7 Å². The van der Waals surface area contributed by atoms with E-state index in [0.717, 1.165) is 31.1 Å². The summed E-state index contributed by atoms with van der Waals surface area (Å²) >= 11 is 3.93. The SMILES string of the molecule is C[C@@H](OC(=O)CC12C[C@@H]3C[C@H](CC(Br)(C3)C1)C2)C(N)=O. The van der Waals surface area contributed by atoms with E-state index < -0.39 is 12.0 Å². The second-order valence-corrected chi connectivity index (χ2v) is 9.01. The van der Waals surface area contributed by atoms with Crippen LogP contribution < -0.4 is 5.73 Å². The normalized spacial score (nSPS) is 43.3. The number of alkyl halides is 1. The lowest BCUT2D eigenvalue weighted by atomic mass is 9.49. The highest BCUT2D eigenvalue weighted by Crippen LogP contribution is 2.65. The number of primary amides is 1. The Hall–Kier alpha value is -0.580. The van der Waals surface area contributed by atoms with Gasteiger partial charge in [0.05, 0.1) is 6.42 Å². The largest absolute Gasteiger partial charge is 0.453 e. The molecule has 0 aromatic heterocycles. The van der Waals surface area contributed by atoms with Gasteiger partial charge in [0.2, 0.25) is 0 Å². The first-order chi connectivity index (χ1) is 9.29. The summed E-state index contributed by atoms with van der Waals surface area (Å²) in [5.74, 6) is 0.643. The molecule has 0 unspecified atom stereocenters. The van der Waals surface area contributed by atoms with E-state index in [2.05, 4.69) is 15.9 Å². The van der Waals surface area contributed by atoms with E-state index in [9.17, 15) is 9.59 Å². The molecule has 1 amide bonds. The van der Waals surface area contributed by atoms with Crippen molar-refractivity contribution >= 4 is 27.8 Å². The van der Waals surface area contributed by atoms with Crippen molar-refractivity contribution in [2.45, 2.75) is 62.3 Å². The topological polar surface area (TPSA) is 69.4 Å². The third-order valence-corrected chi connectivity index (χ3v) is 6.27. The molecule has 2 N–H and O–H groups in total. The van der Waals surface area contributed by atoms with Crippen LogP contribution in [0.2, 0.25) is 0 Å². The Labute approximate surface area is 127 Å². The number of ether oxygens (including phenoxy) is 1. The second-order valence-electron chi connectivity index (χ2n) is 7.32. The zero-order valence-electron chi connectivity index (χ0n) is 11.9. The fourth-order valence-corrected chi connectivity index (χ4v) is 6.66. The van der Waals surface area contributed by atoms with Crippen LogP contribution in [0, 0.1) is 17.3 Å². The summed E-state index contributed by atoms with van der Waals surface area (Å²) in [6, 6.07) is 0. The van der Waals surface area contributed by atoms with Crippen molar-refractivity contribution in [2.75, 3.05) is 0 Å². The lowest BCUT2D eigenvalue weighted by Gasteiger charge is -2.60. The summed E-state index contributed by atoms with van der Waals surface area (Å²) < 4.78 is 5.40. The number of rotatable bonds is 4. The van der Waals surface area contributed by atoms with Gasteiger partial charge in [-0.05, 0) is 62.7 Å². The molecule has 0 radical (unpaired) electrons. The summed E-state index contributed by atoms with van der Waals surface area (Å²) in [5, 5.41) is 0. The van der Waals surface area contributed by atoms with Gasteiger partial charge in [-0.3, -0.25) is 9.59 Å². The minimum absolute atomic E-state index is 0.0854. The van der Waals surface area contributed by atoms with E-state index in [1.165, 1.54) is 26.2 Å². The summed E-state index contributed by atoms with van der Waals surface area (Å²) in [6.45, 7) is 1.53. The zero-order chi connectivity index (χ0) is 14.5. The molecule has 4 saturated carbocycles. The average molecular weight is 344 g/mol. The molecule has 0 aliphatic heterocycles. The number of halogens is 1. The molecule has 3 atom stereocenters. The predicted molar refractivity (Wildman–Crippen MR) is 78.1 cm³/mol. The third-order valence-electron chi connectivity index (χ3n) is 5.34. The molecule has 0 spiro atoms. The van der Waals surface area contributed by atoms with E-state index >= 15 is 0 Å². The van der Waals surface area contributed by atoms with Gasteiger partial charge in [0.1, 0.15) is 0 Å². The van der Waals surface area contributed by atoms with Crippen LogP contribution in [0.1, 0.15) is 51.9 Å². The monoisotopic (exact) mass is 343 g/mol. The molecule has 4 rings (SSSR count). The first-order valence-electron chi connectivity index (χ1n) is 7.47. The standard InChI is InChI=1S/C15H22BrNO3/c1-9(13(17)19)20-12(18)7-14-3-10-2-11(4-14)6-15(16,5-10)8-14/h9-11H,2-8H2,1H3,(H2,17,19)/t9-,10+,11+,14?,15?/m1/s1. The maximum atomic E-state index is 12.1. The van der Waals surface area contributed by atoms with Gasteiger partial charge < -0.3 is 10.5 Å². The minimum atomic E-state index is -0.825. The van der Waals surface area contributed by atoms with E-state index in [4.69, 9.17) is 10.5 Å². The smallest absolute Gasteiger partial charge is 0.307 e. The molecule has 4 fully saturated rings. The Morgan fingerprint density at radius 2 is 1.90 bits per heavy atom. The Morgan fingerprint density at radius 1 is 1.30 bits per heavy atom. The number of nitrogens with two attached hydrogens (primary N) is 1. The van der Waals surface area contributed by atoms with Crippen LogP contribution in [0.5, 0.6) is 0 Å². The molecule has 5 heteroatoms. The van der Waals surface area contributed by atoms with Crippen molar-refractivity contribution in [3.05, 3.63) is 0 Å². The van der Waals surface area contributed by atoms with E-state index in [1.807, 2.05) is 0 Å². The second kappa shape index (κ2) is 4.72. The van der Waals surface area contributed by atoms with E-state index in [1.54, 1.807) is 0 Å². The van der Waals surface area contributed by atoms with Crippen LogP contribution in [-0.2, 0) is 14.3 Å². The molecule has 20 heavy (non-hydrogen) atoms. The molecular formula is C15H22BrNO3. The van der Waals surface area contributed by atoms with Crippen LogP contribution in [0.25, 0.3) is 0 Å². The zero-order valence-corrected chi connectivity index (χ0v) is 13.4. The minimum Gasteiger partial charge on any atom is -0.453 e. The molecular weight excluding hydrogens is 322 g/mol. The van der Waals surface area contributed by atoms with Gasteiger partial charge in [-0.25, -0.2) is 0 Å². The first-order valence-corrected chi connectivity index (χ1v) is 8.26. The van der Waals surface area contributed by atoms with Gasteiger partial charge in [-0.1, -0.05) is 15.9 Å². The van der Waals surface area contributed by atoms with Crippen LogP contribution in [0.3, 0.4) is 0 Å². The first kappa shape index (κ1) is 14.4. The molecule has 0 aromatic rings. The fourth-order valence-electron chi connectivity index (χ4n) is 5.15. The number of esters is 1. The summed E-state index contributed by atoms with van der Waals surface area (Å²) in [6.07, 6.45) is 6.76. The number of hydrogen-bond donors (Lipinski definition) is 1. The highest BCUT2D eigenvalue weighted by Gasteiger charge is 2.57. The molecule has 4 aliphatic rings. The Morgan fingerprint density at radius 3 is 2.40 bits per heavy atom. The average Bonchev–Trinajstić information content (AvgIpc) is 2.23. The van der Waals surface area contributed by atoms with E-state index in [0.29, 0.717) is 6.42 Å². The number of carbonyl (C=O) groups is 2. The maximum absolute atomic E-state index is 12.1. The number of amides is 1. The summed E-state index contributed by atoms with van der Waals surface area (Å²) in [7, 11) is 0. The van der Waals surface area contributed by atoms with Gasteiger partial charge in [0.15, 0.2) is 6.10 Å². The molecule has 4 bridgehead atoms. The predicted octanol–water partition coefficient (Wildman–Crippen LogP) is 2.53. The molecule has 112 valence electrons. The van der Waals surface area contributed by atoms with Gasteiger partial charge in [-0.15, -0.1) is 0 Å². The van der Waals surface area contributed by atoms with Gasteiger partial charge in [-0.2, -0.15) is 0 Å². The molecule has 0 heterocycles. The number of hydrogen-bond acceptors (Lipinski definition) is 3. The van der Waals surface area contributed by atoms with Gasteiger partial charge in [0.25, 0.3) is 5.91 Å². The highest BCUT2D eigenvalue weighted by molar-refractivity contribution is 9.10. The van der Waals surface area contributed by atoms with Crippen LogP contribution >= 0.6 is 15.9 Å². The lowest BCUT2D eigenvalue weighted by molar-refractivity contribution is -0.159. The Bertz CT molecular complexity index is 436. The van der Waals surface area contributed by atoms with Gasteiger partial charge >= 0.3 is 5.97 Å². The van der Waals surface area contributed by atoms with Gasteiger partial charge in [0, 0.05) is 4.32 Å². The lowest BCUT2D eigenvalue weighted by Crippen LogP contribution is -2.53. The summed E-state index contributed by atoms with van der Waals surface area (Å²) in [4.78, 5) is 23.1. The van der Waals surface area contributed by atoms with Crippen molar-refractivity contribution in [3.63, 3.8) is 0 Å². The summed E-state index contributed by atoms with van der Waals surface area (Å²) in [5.41, 5.74) is 5.23. The third kappa shape index (κ3) is 2.61. The van der Waals surface area contributed by atoms with Crippen molar-refractivity contribution < 1.29 is 14.3 Å². The van der Waals surface area contributed by atoms with Crippen molar-refractivity contribution in [1.82, 2.24) is 0 Å². The van der Waals surface area contributed by atoms with Crippen LogP contribution in [-0.4, -0.2) is 22.3 Å². The van der Waals surface area contributed by atoms with Crippen molar-refractivity contribution in [3.8, 4) is 0 Å². The van der Waals surface area contributed by atoms with Crippen LogP contribution in [0.4, 0.5) is 0 Å². The number of carbonyl (C=O) groups excluding carboxylic acids is 2. The molecule has 0 saturated heterocycles. The van der Waals surface area contributed by atoms with Crippen molar-refractivity contribution in [1.29, 1.82) is 0 Å². The van der Waals surface area contributed by atoms with Crippen LogP contribution in [0.15, 0.2) is 0 Å². The Balaban J connectivity index is 1.68. The quantitative estimate of drug-likeness (QED) is 0.629. The highest BCUT2D eigenvalue weighted by atomic mass is 79.9. The fraction of sp³-hybridized carbons (Fsp3) is 0.867. The molecule has 4 nitrogen and oxygen atoms in total. The van der Waals surface area contributed by atoms with Crippen molar-refractivity contribution in [2.24, 2.45) is 23.0 Å².